The van der Waals surface area contributed by atoms with Gasteiger partial charge in [-0.15, -0.1) is 0 Å². The Morgan fingerprint density at radius 1 is 1.33 bits per heavy atom. The maximum atomic E-state index is 12.4. The molecule has 3 unspecified atom stereocenters. The Morgan fingerprint density at radius 2 is 2.23 bits per heavy atom. The van der Waals surface area contributed by atoms with Crippen molar-refractivity contribution in [1.29, 1.82) is 5.26 Å². The summed E-state index contributed by atoms with van der Waals surface area (Å²) in [5, 5.41) is 16.8. The van der Waals surface area contributed by atoms with Gasteiger partial charge >= 0.3 is 0 Å². The Labute approximate surface area is 183 Å². The van der Waals surface area contributed by atoms with Crippen molar-refractivity contribution in [3.8, 4) is 6.07 Å². The zero-order chi connectivity index (χ0) is 20.9. The van der Waals surface area contributed by atoms with Crippen molar-refractivity contribution in [2.45, 2.75) is 43.8 Å². The molecule has 2 N–H and O–H groups in total. The van der Waals surface area contributed by atoms with Gasteiger partial charge in [0.05, 0.1) is 24.7 Å². The predicted octanol–water partition coefficient (Wildman–Crippen LogP) is 2.65. The van der Waals surface area contributed by atoms with Gasteiger partial charge in [-0.3, -0.25) is 9.79 Å². The number of carbonyl (C=O) groups is 1. The van der Waals surface area contributed by atoms with Gasteiger partial charge in [0.2, 0.25) is 5.91 Å². The second-order valence-electron chi connectivity index (χ2n) is 8.20. The molecule has 6 nitrogen and oxygen atoms in total. The first-order chi connectivity index (χ1) is 14.7. The average molecular weight is 426 g/mol. The molecule has 7 heteroatoms. The van der Waals surface area contributed by atoms with Gasteiger partial charge in [0.15, 0.2) is 0 Å². The molecule has 4 atom stereocenters. The Morgan fingerprint density at radius 3 is 3.10 bits per heavy atom. The van der Waals surface area contributed by atoms with Crippen LogP contribution in [0.25, 0.3) is 0 Å². The molecule has 0 bridgehead atoms. The summed E-state index contributed by atoms with van der Waals surface area (Å²) in [6.45, 7) is 2.36. The Balaban J connectivity index is 1.34. The number of rotatable bonds is 6. The molecule has 1 aromatic carbocycles. The highest BCUT2D eigenvalue weighted by atomic mass is 35.5. The number of allylic oxidation sites excluding steroid dienone is 1. The smallest absolute Gasteiger partial charge is 0.237 e. The van der Waals surface area contributed by atoms with E-state index in [0.29, 0.717) is 19.0 Å². The van der Waals surface area contributed by atoms with Gasteiger partial charge < -0.3 is 15.5 Å². The van der Waals surface area contributed by atoms with Gasteiger partial charge in [-0.2, -0.15) is 5.26 Å². The topological polar surface area (TPSA) is 80.5 Å². The first kappa shape index (κ1) is 21.0. The van der Waals surface area contributed by atoms with Gasteiger partial charge in [0, 0.05) is 36.8 Å². The molecule has 1 amide bonds. The van der Waals surface area contributed by atoms with Crippen molar-refractivity contribution < 1.29 is 4.79 Å². The molecular weight excluding hydrogens is 398 g/mol. The van der Waals surface area contributed by atoms with Crippen LogP contribution in [0.15, 0.2) is 35.3 Å². The summed E-state index contributed by atoms with van der Waals surface area (Å²) in [6.07, 6.45) is 9.96. The van der Waals surface area contributed by atoms with Crippen LogP contribution in [0.4, 0.5) is 0 Å². The lowest BCUT2D eigenvalue weighted by Gasteiger charge is -2.30. The summed E-state index contributed by atoms with van der Waals surface area (Å²) in [6, 6.07) is 8.40. The molecule has 1 saturated heterocycles. The molecule has 158 valence electrons. The third-order valence-corrected chi connectivity index (χ3v) is 6.57. The summed E-state index contributed by atoms with van der Waals surface area (Å²) < 4.78 is 0. The number of hydrogen-bond acceptors (Lipinski definition) is 5. The van der Waals surface area contributed by atoms with Crippen LogP contribution < -0.4 is 10.6 Å². The number of nitriles is 1. The SMILES string of the molecule is N#C[C@@H]1CCCN1C(=O)CNCCNC1c2ccc(Cl)cc2CCC2C=CC=NC21. The number of likely N-dealkylation sites (tertiary alicyclic amines) is 1. The Bertz CT molecular complexity index is 877. The number of nitrogens with zero attached hydrogens (tertiary/aromatic N) is 3. The van der Waals surface area contributed by atoms with E-state index in [-0.39, 0.29) is 30.6 Å². The summed E-state index contributed by atoms with van der Waals surface area (Å²) >= 11 is 6.25. The maximum absolute atomic E-state index is 12.4. The first-order valence-electron chi connectivity index (χ1n) is 10.8. The lowest BCUT2D eigenvalue weighted by atomic mass is 9.88. The minimum Gasteiger partial charge on any atom is -0.326 e. The molecule has 0 aromatic heterocycles. The van der Waals surface area contributed by atoms with Crippen LogP contribution in [0, 0.1) is 17.2 Å². The predicted molar refractivity (Wildman–Crippen MR) is 119 cm³/mol. The Hall–Kier alpha value is -2.20. The van der Waals surface area contributed by atoms with Crippen LogP contribution in [0.2, 0.25) is 5.02 Å². The lowest BCUT2D eigenvalue weighted by Crippen LogP contribution is -2.43. The second kappa shape index (κ2) is 9.74. The lowest BCUT2D eigenvalue weighted by molar-refractivity contribution is -0.130. The van der Waals surface area contributed by atoms with Gasteiger partial charge in [-0.25, -0.2) is 0 Å². The molecule has 1 aromatic rings. The van der Waals surface area contributed by atoms with E-state index in [4.69, 9.17) is 21.9 Å². The minimum absolute atomic E-state index is 0.00980. The number of nitrogens with one attached hydrogen (secondary N) is 2. The summed E-state index contributed by atoms with van der Waals surface area (Å²) in [4.78, 5) is 18.8. The number of halogens is 1. The van der Waals surface area contributed by atoms with Crippen LogP contribution in [0.1, 0.15) is 36.4 Å². The monoisotopic (exact) mass is 425 g/mol. The number of aliphatic imine (C=N–C) groups is 1. The molecule has 0 saturated carbocycles. The summed E-state index contributed by atoms with van der Waals surface area (Å²) in [5.41, 5.74) is 2.56. The molecule has 0 radical (unpaired) electrons. The Kier molecular flexibility index (Phi) is 6.83. The number of amides is 1. The molecule has 2 aliphatic heterocycles. The summed E-state index contributed by atoms with van der Waals surface area (Å²) in [5.74, 6) is 0.418. The number of aryl methyl sites for hydroxylation is 1. The number of hydrogen-bond donors (Lipinski definition) is 2. The zero-order valence-electron chi connectivity index (χ0n) is 17.1. The molecule has 1 fully saturated rings. The van der Waals surface area contributed by atoms with Gasteiger partial charge in [0.1, 0.15) is 6.04 Å². The van der Waals surface area contributed by atoms with Crippen LogP contribution in [-0.4, -0.2) is 55.3 Å². The van der Waals surface area contributed by atoms with E-state index >= 15 is 0 Å². The van der Waals surface area contributed by atoms with Crippen molar-refractivity contribution in [2.75, 3.05) is 26.2 Å². The number of dihydropyridines is 1. The largest absolute Gasteiger partial charge is 0.326 e. The normalized spacial score (nSPS) is 27.3. The van der Waals surface area contributed by atoms with Crippen molar-refractivity contribution in [3.05, 3.63) is 46.5 Å². The number of benzene rings is 1. The molecule has 30 heavy (non-hydrogen) atoms. The highest BCUT2D eigenvalue weighted by molar-refractivity contribution is 6.30. The molecule has 0 spiro atoms. The number of fused-ring (bicyclic) bond motifs is 2. The van der Waals surface area contributed by atoms with E-state index < -0.39 is 0 Å². The maximum Gasteiger partial charge on any atom is 0.237 e. The second-order valence-corrected chi connectivity index (χ2v) is 8.64. The van der Waals surface area contributed by atoms with Crippen molar-refractivity contribution in [1.82, 2.24) is 15.5 Å². The van der Waals surface area contributed by atoms with Crippen LogP contribution in [-0.2, 0) is 11.2 Å². The molecular formula is C23H28ClN5O. The fraction of sp³-hybridized carbons (Fsp3) is 0.522. The fourth-order valence-corrected chi connectivity index (χ4v) is 5.00. The van der Waals surface area contributed by atoms with E-state index in [0.717, 1.165) is 37.3 Å². The van der Waals surface area contributed by atoms with Crippen molar-refractivity contribution in [3.63, 3.8) is 0 Å². The van der Waals surface area contributed by atoms with Gasteiger partial charge in [-0.1, -0.05) is 23.7 Å². The van der Waals surface area contributed by atoms with E-state index in [1.807, 2.05) is 18.4 Å². The fourth-order valence-electron chi connectivity index (χ4n) is 4.81. The zero-order valence-corrected chi connectivity index (χ0v) is 17.8. The van der Waals surface area contributed by atoms with E-state index in [1.165, 1.54) is 11.1 Å². The standard InChI is InChI=1S/C23H28ClN5O/c24-18-7-8-20-17(13-18)6-5-16-3-1-9-27-22(16)23(20)28-11-10-26-15-21(30)29-12-2-4-19(29)14-25/h1,3,7-9,13,16,19,22-23,26,28H,2,4-6,10-12,15H2/t16?,19-,22?,23?/m0/s1. The van der Waals surface area contributed by atoms with E-state index in [1.54, 1.807) is 4.90 Å². The highest BCUT2D eigenvalue weighted by Gasteiger charge is 2.33. The van der Waals surface area contributed by atoms with Crippen LogP contribution >= 0.6 is 11.6 Å². The summed E-state index contributed by atoms with van der Waals surface area (Å²) in [7, 11) is 0. The quantitative estimate of drug-likeness (QED) is 0.686. The highest BCUT2D eigenvalue weighted by Crippen LogP contribution is 2.36. The van der Waals surface area contributed by atoms with Gasteiger partial charge in [0.25, 0.3) is 0 Å². The van der Waals surface area contributed by atoms with Crippen molar-refractivity contribution >= 4 is 23.7 Å². The van der Waals surface area contributed by atoms with E-state index in [2.05, 4.69) is 34.9 Å². The third kappa shape index (κ3) is 4.59. The first-order valence-corrected chi connectivity index (χ1v) is 11.2. The molecule has 3 aliphatic rings. The number of carbonyl (C=O) groups excluding carboxylic acids is 1. The van der Waals surface area contributed by atoms with E-state index in [9.17, 15) is 4.79 Å². The average Bonchev–Trinajstić information content (AvgIpc) is 3.19. The third-order valence-electron chi connectivity index (χ3n) is 6.33. The van der Waals surface area contributed by atoms with Crippen LogP contribution in [0.5, 0.6) is 0 Å². The molecule has 1 aliphatic carbocycles. The van der Waals surface area contributed by atoms with Crippen LogP contribution in [0.3, 0.4) is 0 Å². The van der Waals surface area contributed by atoms with Gasteiger partial charge in [-0.05, 0) is 55.0 Å². The molecule has 4 rings (SSSR count). The van der Waals surface area contributed by atoms with Crippen molar-refractivity contribution in [2.24, 2.45) is 10.9 Å². The minimum atomic E-state index is -0.263. The molecule has 2 heterocycles.